The Morgan fingerprint density at radius 3 is 2.44 bits per heavy atom. The van der Waals surface area contributed by atoms with E-state index in [1.54, 1.807) is 23.5 Å². The summed E-state index contributed by atoms with van der Waals surface area (Å²) >= 11 is 19.7. The Hall–Kier alpha value is 0.0700. The first kappa shape index (κ1) is 12.5. The lowest BCUT2D eigenvalue weighted by molar-refractivity contribution is 1.66. The number of halogens is 2. The van der Waals surface area contributed by atoms with Crippen molar-refractivity contribution in [3.05, 3.63) is 50.6 Å². The topological polar surface area (TPSA) is 0 Å². The van der Waals surface area contributed by atoms with Crippen molar-refractivity contribution in [3.8, 4) is 0 Å². The van der Waals surface area contributed by atoms with Crippen LogP contribution in [0.2, 0.25) is 0 Å². The summed E-state index contributed by atoms with van der Waals surface area (Å²) in [6.45, 7) is 0. The lowest BCUT2D eigenvalue weighted by atomic mass is 10.2. The van der Waals surface area contributed by atoms with Crippen LogP contribution in [0.1, 0.15) is 5.56 Å². The van der Waals surface area contributed by atoms with Gasteiger partial charge in [0.1, 0.15) is 4.32 Å². The van der Waals surface area contributed by atoms with Crippen molar-refractivity contribution in [3.63, 3.8) is 0 Å². The summed E-state index contributed by atoms with van der Waals surface area (Å²) in [5.41, 5.74) is 1.18. The van der Waals surface area contributed by atoms with Gasteiger partial charge in [-0.15, -0.1) is 0 Å². The zero-order valence-corrected chi connectivity index (χ0v) is 11.9. The molecule has 0 saturated carbocycles. The molecule has 5 heteroatoms. The second-order valence-electron chi connectivity index (χ2n) is 2.94. The molecule has 0 aromatic heterocycles. The van der Waals surface area contributed by atoms with Crippen molar-refractivity contribution < 1.29 is 0 Å². The predicted octanol–water partition coefficient (Wildman–Crippen LogP) is 5.44. The summed E-state index contributed by atoms with van der Waals surface area (Å²) in [6.07, 6.45) is 0. The number of allylic oxidation sites excluding steroid dienone is 1. The number of thiocarbonyl (C=S) groups is 1. The number of thioether (sulfide) groups is 2. The number of hydrogen-bond donors (Lipinski definition) is 0. The van der Waals surface area contributed by atoms with Crippen molar-refractivity contribution >= 4 is 68.2 Å². The number of benzene rings is 1. The van der Waals surface area contributed by atoms with E-state index in [-0.39, 0.29) is 4.32 Å². The van der Waals surface area contributed by atoms with Gasteiger partial charge in [0.05, 0.1) is 9.27 Å². The van der Waals surface area contributed by atoms with Gasteiger partial charge in [-0.25, -0.2) is 0 Å². The van der Waals surface area contributed by atoms with Crippen LogP contribution in [-0.2, 0) is 0 Å². The highest BCUT2D eigenvalue weighted by Crippen LogP contribution is 2.50. The van der Waals surface area contributed by atoms with Gasteiger partial charge >= 0.3 is 0 Å². The van der Waals surface area contributed by atoms with Crippen LogP contribution in [0.15, 0.2) is 45.0 Å². The first-order chi connectivity index (χ1) is 7.68. The highest BCUT2D eigenvalue weighted by Gasteiger charge is 2.18. The van der Waals surface area contributed by atoms with Gasteiger partial charge in [0.2, 0.25) is 0 Å². The fourth-order valence-corrected chi connectivity index (χ4v) is 3.99. The summed E-state index contributed by atoms with van der Waals surface area (Å²) < 4.78 is 1.17. The first-order valence-electron chi connectivity index (χ1n) is 4.38. The Kier molecular flexibility index (Phi) is 4.39. The van der Waals surface area contributed by atoms with Crippen LogP contribution in [0.25, 0.3) is 4.91 Å². The van der Waals surface area contributed by atoms with E-state index >= 15 is 0 Å². The smallest absolute Gasteiger partial charge is 0.0879 e. The van der Waals surface area contributed by atoms with Crippen molar-refractivity contribution in [1.82, 2.24) is 0 Å². The molecule has 0 nitrogen and oxygen atoms in total. The van der Waals surface area contributed by atoms with Crippen LogP contribution in [0, 0.1) is 0 Å². The zero-order valence-electron chi connectivity index (χ0n) is 7.94. The summed E-state index contributed by atoms with van der Waals surface area (Å²) in [4.78, 5) is 1.17. The average molecular weight is 305 g/mol. The number of hydrogen-bond acceptors (Lipinski definition) is 3. The molecule has 2 rings (SSSR count). The molecule has 1 aromatic carbocycles. The largest absolute Gasteiger partial charge is 0.124 e. The molecule has 0 bridgehead atoms. The first-order valence-corrected chi connectivity index (χ1v) is 7.24. The Balaban J connectivity index is 2.21. The van der Waals surface area contributed by atoms with Crippen LogP contribution in [0.5, 0.6) is 0 Å². The fourth-order valence-electron chi connectivity index (χ4n) is 1.16. The van der Waals surface area contributed by atoms with Gasteiger partial charge in [-0.2, -0.15) is 0 Å². The van der Waals surface area contributed by atoms with Crippen LogP contribution >= 0.6 is 58.9 Å². The molecule has 1 aromatic rings. The monoisotopic (exact) mass is 304 g/mol. The maximum Gasteiger partial charge on any atom is 0.124 e. The predicted molar refractivity (Wildman–Crippen MR) is 80.9 cm³/mol. The molecule has 0 atom stereocenters. The van der Waals surface area contributed by atoms with Crippen LogP contribution in [0.4, 0.5) is 0 Å². The molecular weight excluding hydrogens is 299 g/mol. The van der Waals surface area contributed by atoms with Crippen LogP contribution < -0.4 is 0 Å². The van der Waals surface area contributed by atoms with E-state index in [9.17, 15) is 0 Å². The third-order valence-corrected chi connectivity index (χ3v) is 5.51. The Morgan fingerprint density at radius 1 is 1.12 bits per heavy atom. The maximum atomic E-state index is 6.01. The fraction of sp³-hybridized carbons (Fsp3) is 0. The van der Waals surface area contributed by atoms with Gasteiger partial charge in [0.25, 0.3) is 0 Å². The lowest BCUT2D eigenvalue weighted by Gasteiger charge is -2.01. The molecule has 0 saturated heterocycles. The molecule has 1 aliphatic rings. The van der Waals surface area contributed by atoms with Crippen LogP contribution in [-0.4, -0.2) is 4.32 Å². The third-order valence-electron chi connectivity index (χ3n) is 1.89. The summed E-state index contributed by atoms with van der Waals surface area (Å²) in [5, 5.41) is 2.53. The average Bonchev–Trinajstić information content (AvgIpc) is 2.78. The molecule has 1 aliphatic heterocycles. The van der Waals surface area contributed by atoms with E-state index in [1.165, 1.54) is 10.5 Å². The second kappa shape index (κ2) is 5.61. The molecular formula is C11H6Cl2S3. The molecule has 0 aliphatic carbocycles. The molecule has 0 unspecified atom stereocenters. The quantitative estimate of drug-likeness (QED) is 0.406. The highest BCUT2D eigenvalue weighted by atomic mass is 35.5. The Bertz CT molecular complexity index is 477. The van der Waals surface area contributed by atoms with E-state index < -0.39 is 0 Å². The van der Waals surface area contributed by atoms with E-state index in [0.29, 0.717) is 5.03 Å². The van der Waals surface area contributed by atoms with Gasteiger partial charge < -0.3 is 0 Å². The van der Waals surface area contributed by atoms with E-state index in [1.807, 2.05) is 18.2 Å². The molecule has 0 radical (unpaired) electrons. The van der Waals surface area contributed by atoms with Crippen molar-refractivity contribution in [2.45, 2.75) is 0 Å². The zero-order chi connectivity index (χ0) is 11.5. The summed E-state index contributed by atoms with van der Waals surface area (Å²) in [6, 6.07) is 10.1. The molecule has 0 fully saturated rings. The molecule has 1 heterocycles. The minimum Gasteiger partial charge on any atom is -0.0879 e. The van der Waals surface area contributed by atoms with Crippen LogP contribution in [0.3, 0.4) is 0 Å². The lowest BCUT2D eigenvalue weighted by Crippen LogP contribution is -1.82. The molecule has 0 amide bonds. The maximum absolute atomic E-state index is 6.01. The summed E-state index contributed by atoms with van der Waals surface area (Å²) in [5.74, 6) is 0. The van der Waals surface area contributed by atoms with Gasteiger partial charge in [0.15, 0.2) is 0 Å². The van der Waals surface area contributed by atoms with Crippen molar-refractivity contribution in [1.29, 1.82) is 0 Å². The van der Waals surface area contributed by atoms with Crippen molar-refractivity contribution in [2.75, 3.05) is 0 Å². The van der Waals surface area contributed by atoms with E-state index in [2.05, 4.69) is 17.5 Å². The Morgan fingerprint density at radius 2 is 1.81 bits per heavy atom. The van der Waals surface area contributed by atoms with Gasteiger partial charge in [-0.05, 0) is 11.0 Å². The summed E-state index contributed by atoms with van der Waals surface area (Å²) in [7, 11) is 0. The second-order valence-corrected chi connectivity index (χ2v) is 6.52. The molecule has 0 N–H and O–H groups in total. The minimum atomic E-state index is 0.222. The molecule has 82 valence electrons. The standard InChI is InChI=1S/C11H6Cl2S3/c12-9(10(13)14)11-15-6-8(16-11)7-4-2-1-3-5-7/h1-6H/b11-9+. The van der Waals surface area contributed by atoms with Gasteiger partial charge in [-0.1, -0.05) is 89.3 Å². The van der Waals surface area contributed by atoms with Gasteiger partial charge in [0, 0.05) is 4.91 Å². The van der Waals surface area contributed by atoms with E-state index in [0.717, 1.165) is 4.24 Å². The molecule has 16 heavy (non-hydrogen) atoms. The van der Waals surface area contributed by atoms with Gasteiger partial charge in [-0.3, -0.25) is 0 Å². The molecule has 0 spiro atoms. The van der Waals surface area contributed by atoms with E-state index in [4.69, 9.17) is 35.4 Å². The number of rotatable bonds is 2. The minimum absolute atomic E-state index is 0.222. The third kappa shape index (κ3) is 2.84. The normalized spacial score (nSPS) is 18.2. The van der Waals surface area contributed by atoms with Crippen molar-refractivity contribution in [2.24, 2.45) is 0 Å². The SMILES string of the molecule is S=C(Cl)/C(Cl)=C1/SC=C(c2ccccc2)S1. The highest BCUT2D eigenvalue weighted by molar-refractivity contribution is 8.31. The Labute approximate surface area is 118 Å².